The number of carbonyl (C=O) groups excluding carboxylic acids is 1. The lowest BCUT2D eigenvalue weighted by molar-refractivity contribution is -0.138. The van der Waals surface area contributed by atoms with Gasteiger partial charge >= 0.3 is 5.97 Å². The molecular weight excluding hydrogens is 450 g/mol. The van der Waals surface area contributed by atoms with Crippen molar-refractivity contribution in [3.63, 3.8) is 0 Å². The van der Waals surface area contributed by atoms with Crippen LogP contribution in [-0.2, 0) is 9.53 Å². The van der Waals surface area contributed by atoms with E-state index in [0.29, 0.717) is 20.6 Å². The summed E-state index contributed by atoms with van der Waals surface area (Å²) >= 11 is 1.31. The number of carbonyl (C=O) groups is 1. The molecule has 0 amide bonds. The number of thiazole rings is 1. The predicted molar refractivity (Wildman–Crippen MR) is 135 cm³/mol. The minimum atomic E-state index is -0.554. The van der Waals surface area contributed by atoms with E-state index in [1.807, 2.05) is 73.6 Å². The Morgan fingerprint density at radius 1 is 1.15 bits per heavy atom. The third-order valence-corrected chi connectivity index (χ3v) is 6.66. The van der Waals surface area contributed by atoms with E-state index in [1.165, 1.54) is 15.9 Å². The number of nitrogens with zero attached hydrogens (tertiary/aromatic N) is 3. The van der Waals surface area contributed by atoms with Crippen LogP contribution in [0, 0.1) is 0 Å². The summed E-state index contributed by atoms with van der Waals surface area (Å²) in [5, 5.41) is 0. The van der Waals surface area contributed by atoms with Crippen LogP contribution in [0.1, 0.15) is 31.0 Å². The normalized spacial score (nSPS) is 15.6. The second-order valence-electron chi connectivity index (χ2n) is 8.04. The van der Waals surface area contributed by atoms with E-state index in [2.05, 4.69) is 0 Å². The van der Waals surface area contributed by atoms with Gasteiger partial charge in [0.2, 0.25) is 0 Å². The van der Waals surface area contributed by atoms with Crippen molar-refractivity contribution < 1.29 is 14.3 Å². The highest BCUT2D eigenvalue weighted by Crippen LogP contribution is 2.33. The molecule has 1 aliphatic heterocycles. The highest BCUT2D eigenvalue weighted by molar-refractivity contribution is 7.07. The molecule has 0 aliphatic carbocycles. The molecule has 2 aromatic carbocycles. The topological polar surface area (TPSA) is 73.1 Å². The lowest BCUT2D eigenvalue weighted by Gasteiger charge is -2.23. The van der Waals surface area contributed by atoms with Gasteiger partial charge in [-0.05, 0) is 55.3 Å². The lowest BCUT2D eigenvalue weighted by atomic mass is 9.96. The largest absolute Gasteiger partial charge is 0.497 e. The molecule has 2 heterocycles. The Bertz CT molecular complexity index is 1410. The van der Waals surface area contributed by atoms with Crippen molar-refractivity contribution in [1.82, 2.24) is 4.57 Å². The van der Waals surface area contributed by atoms with Crippen molar-refractivity contribution in [2.75, 3.05) is 32.7 Å². The number of hydrogen-bond acceptors (Lipinski definition) is 7. The van der Waals surface area contributed by atoms with Crippen LogP contribution < -0.4 is 24.5 Å². The van der Waals surface area contributed by atoms with E-state index >= 15 is 0 Å². The Labute approximate surface area is 201 Å². The number of benzene rings is 2. The second-order valence-corrected chi connectivity index (χ2v) is 9.05. The first kappa shape index (κ1) is 23.5. The Balaban J connectivity index is 1.88. The minimum absolute atomic E-state index is 0.208. The minimum Gasteiger partial charge on any atom is -0.497 e. The van der Waals surface area contributed by atoms with Crippen LogP contribution in [0.3, 0.4) is 0 Å². The maximum atomic E-state index is 13.3. The van der Waals surface area contributed by atoms with Crippen LogP contribution in [0.4, 0.5) is 5.69 Å². The van der Waals surface area contributed by atoms with Gasteiger partial charge in [-0.1, -0.05) is 35.6 Å². The van der Waals surface area contributed by atoms with Crippen molar-refractivity contribution in [1.29, 1.82) is 0 Å². The second kappa shape index (κ2) is 9.69. The van der Waals surface area contributed by atoms with Crippen molar-refractivity contribution in [3.8, 4) is 5.75 Å². The number of hydrogen-bond donors (Lipinski definition) is 0. The first-order valence-corrected chi connectivity index (χ1v) is 11.8. The molecule has 0 spiro atoms. The van der Waals surface area contributed by atoms with Gasteiger partial charge in [-0.25, -0.2) is 9.79 Å². The molecule has 3 aromatic rings. The monoisotopic (exact) mass is 477 g/mol. The van der Waals surface area contributed by atoms with Gasteiger partial charge in [-0.2, -0.15) is 0 Å². The zero-order chi connectivity index (χ0) is 24.4. The van der Waals surface area contributed by atoms with Crippen LogP contribution in [0.2, 0.25) is 0 Å². The van der Waals surface area contributed by atoms with Crippen LogP contribution in [-0.4, -0.2) is 38.3 Å². The van der Waals surface area contributed by atoms with E-state index in [4.69, 9.17) is 14.5 Å². The fraction of sp³-hybridized carbons (Fsp3) is 0.269. The quantitative estimate of drug-likeness (QED) is 0.511. The molecule has 7 nitrogen and oxygen atoms in total. The molecule has 1 aromatic heterocycles. The average Bonchev–Trinajstić information content (AvgIpc) is 3.14. The fourth-order valence-corrected chi connectivity index (χ4v) is 4.90. The van der Waals surface area contributed by atoms with Gasteiger partial charge in [-0.15, -0.1) is 0 Å². The summed E-state index contributed by atoms with van der Waals surface area (Å²) in [5.74, 6) is 0.283. The van der Waals surface area contributed by atoms with Crippen LogP contribution >= 0.6 is 11.3 Å². The number of allylic oxidation sites excluding steroid dienone is 1. The number of rotatable bonds is 6. The fourth-order valence-electron chi connectivity index (χ4n) is 3.86. The molecule has 1 atom stereocenters. The van der Waals surface area contributed by atoms with Crippen LogP contribution in [0.5, 0.6) is 5.75 Å². The van der Waals surface area contributed by atoms with Crippen molar-refractivity contribution >= 4 is 34.8 Å². The third-order valence-electron chi connectivity index (χ3n) is 5.68. The summed E-state index contributed by atoms with van der Waals surface area (Å²) in [5.41, 5.74) is 3.49. The molecule has 8 heteroatoms. The highest BCUT2D eigenvalue weighted by Gasteiger charge is 2.31. The first-order valence-electron chi connectivity index (χ1n) is 10.9. The number of ether oxygens (including phenoxy) is 2. The molecule has 0 saturated carbocycles. The molecule has 34 heavy (non-hydrogen) atoms. The number of aromatic nitrogens is 1. The molecule has 176 valence electrons. The first-order chi connectivity index (χ1) is 16.3. The predicted octanol–water partition coefficient (Wildman–Crippen LogP) is 2.98. The summed E-state index contributed by atoms with van der Waals surface area (Å²) in [7, 11) is 5.55. The number of fused-ring (bicyclic) bond motifs is 1. The van der Waals surface area contributed by atoms with Gasteiger partial charge in [0.05, 0.1) is 23.8 Å². The van der Waals surface area contributed by atoms with Crippen LogP contribution in [0.25, 0.3) is 11.8 Å². The summed E-state index contributed by atoms with van der Waals surface area (Å²) in [6.45, 7) is 3.78. The van der Waals surface area contributed by atoms with Gasteiger partial charge in [0.15, 0.2) is 4.80 Å². The van der Waals surface area contributed by atoms with E-state index in [9.17, 15) is 9.59 Å². The van der Waals surface area contributed by atoms with E-state index < -0.39 is 12.0 Å². The van der Waals surface area contributed by atoms with E-state index in [1.54, 1.807) is 21.0 Å². The molecule has 1 aliphatic rings. The summed E-state index contributed by atoms with van der Waals surface area (Å²) in [4.78, 5) is 33.7. The zero-order valence-electron chi connectivity index (χ0n) is 19.9. The Morgan fingerprint density at radius 2 is 1.82 bits per heavy atom. The smallest absolute Gasteiger partial charge is 0.338 e. The molecular formula is C26H27N3O4S. The summed E-state index contributed by atoms with van der Waals surface area (Å²) in [6, 6.07) is 14.8. The Hall–Kier alpha value is -3.65. The molecule has 0 fully saturated rings. The number of anilines is 1. The van der Waals surface area contributed by atoms with Gasteiger partial charge in [-0.3, -0.25) is 9.36 Å². The molecule has 0 bridgehead atoms. The van der Waals surface area contributed by atoms with Crippen LogP contribution in [0.15, 0.2) is 63.9 Å². The molecule has 0 saturated heterocycles. The SMILES string of the molecule is CCOC(=O)C1=C(C)n2c(s/c(=C\c3ccc(OC)cc3)c2=O)=N[C@@H]1c1ccc(N(C)C)cc1. The van der Waals surface area contributed by atoms with Gasteiger partial charge < -0.3 is 14.4 Å². The van der Waals surface area contributed by atoms with Gasteiger partial charge in [0, 0.05) is 25.5 Å². The molecule has 0 N–H and O–H groups in total. The maximum absolute atomic E-state index is 13.3. The van der Waals surface area contributed by atoms with Crippen molar-refractivity contribution in [3.05, 3.63) is 84.9 Å². The molecule has 4 rings (SSSR count). The third kappa shape index (κ3) is 4.41. The molecule has 0 radical (unpaired) electrons. The maximum Gasteiger partial charge on any atom is 0.338 e. The molecule has 0 unspecified atom stereocenters. The van der Waals surface area contributed by atoms with Crippen molar-refractivity contribution in [2.45, 2.75) is 19.9 Å². The highest BCUT2D eigenvalue weighted by atomic mass is 32.1. The van der Waals surface area contributed by atoms with Gasteiger partial charge in [0.1, 0.15) is 11.8 Å². The Morgan fingerprint density at radius 3 is 2.41 bits per heavy atom. The standard InChI is InChI=1S/C26H27N3O4S/c1-6-33-25(31)22-16(2)29-24(30)21(15-17-7-13-20(32-5)14-8-17)34-26(29)27-23(22)18-9-11-19(12-10-18)28(3)4/h7-15,23H,6H2,1-5H3/b21-15-/t23-/m1/s1. The average molecular weight is 478 g/mol. The summed E-state index contributed by atoms with van der Waals surface area (Å²) in [6.07, 6.45) is 1.82. The summed E-state index contributed by atoms with van der Waals surface area (Å²) < 4.78 is 12.6. The number of methoxy groups -OCH3 is 1. The van der Waals surface area contributed by atoms with Crippen molar-refractivity contribution in [2.24, 2.45) is 4.99 Å². The van der Waals surface area contributed by atoms with E-state index in [0.717, 1.165) is 22.6 Å². The zero-order valence-corrected chi connectivity index (χ0v) is 20.7. The number of esters is 1. The van der Waals surface area contributed by atoms with E-state index in [-0.39, 0.29) is 12.2 Å². The Kier molecular flexibility index (Phi) is 6.70. The van der Waals surface area contributed by atoms with Gasteiger partial charge in [0.25, 0.3) is 5.56 Å². The lowest BCUT2D eigenvalue weighted by Crippen LogP contribution is -2.35.